The lowest BCUT2D eigenvalue weighted by Gasteiger charge is -2.30. The number of hydrogen-bond acceptors (Lipinski definition) is 14. The molecule has 0 radical (unpaired) electrons. The van der Waals surface area contributed by atoms with Gasteiger partial charge in [0.05, 0.1) is 76.0 Å². The molecule has 10 N–H and O–H groups in total. The summed E-state index contributed by atoms with van der Waals surface area (Å²) in [7, 11) is 8.53. The van der Waals surface area contributed by atoms with Crippen molar-refractivity contribution in [2.75, 3.05) is 68.8 Å². The zero-order valence-electron chi connectivity index (χ0n) is 38.3. The van der Waals surface area contributed by atoms with Gasteiger partial charge in [-0.15, -0.1) is 0 Å². The van der Waals surface area contributed by atoms with E-state index in [4.69, 9.17) is 39.9 Å². The van der Waals surface area contributed by atoms with Gasteiger partial charge in [0.15, 0.2) is 0 Å². The lowest BCUT2D eigenvalue weighted by Crippen LogP contribution is -2.44. The van der Waals surface area contributed by atoms with Gasteiger partial charge in [0, 0.05) is 68.5 Å². The normalized spacial score (nSPS) is 17.8. The minimum atomic E-state index is -0.439. The van der Waals surface area contributed by atoms with E-state index in [9.17, 15) is 28.8 Å². The molecule has 0 bridgehead atoms. The van der Waals surface area contributed by atoms with Crippen molar-refractivity contribution in [1.82, 2.24) is 31.9 Å². The Labute approximate surface area is 383 Å². The van der Waals surface area contributed by atoms with E-state index in [1.54, 1.807) is 0 Å². The molecule has 0 heterocycles. The summed E-state index contributed by atoms with van der Waals surface area (Å²) >= 11 is 0. The van der Waals surface area contributed by atoms with Crippen LogP contribution in [0.1, 0.15) is 114 Å². The fourth-order valence-electron chi connectivity index (χ4n) is 8.14. The van der Waals surface area contributed by atoms with Crippen molar-refractivity contribution in [1.29, 1.82) is 0 Å². The van der Waals surface area contributed by atoms with E-state index in [2.05, 4.69) is 31.9 Å². The summed E-state index contributed by atoms with van der Waals surface area (Å²) in [6.45, 7) is 0.985. The highest BCUT2D eigenvalue weighted by Gasteiger charge is 2.31. The van der Waals surface area contributed by atoms with Gasteiger partial charge in [0.25, 0.3) is 35.4 Å². The van der Waals surface area contributed by atoms with Gasteiger partial charge in [-0.1, -0.05) is 0 Å². The molecule has 0 spiro atoms. The van der Waals surface area contributed by atoms with Crippen LogP contribution in [0.15, 0.2) is 36.4 Å². The third-order valence-electron chi connectivity index (χ3n) is 11.7. The van der Waals surface area contributed by atoms with Crippen molar-refractivity contribution in [2.24, 2.45) is 11.5 Å². The summed E-state index contributed by atoms with van der Waals surface area (Å²) < 4.78 is 32.8. The fourth-order valence-corrected chi connectivity index (χ4v) is 8.14. The number of carbonyl (C=O) groups excluding carboxylic acids is 6. The molecule has 3 aromatic carbocycles. The first kappa shape index (κ1) is 50.2. The van der Waals surface area contributed by atoms with Crippen LogP contribution in [0.3, 0.4) is 0 Å². The van der Waals surface area contributed by atoms with Gasteiger partial charge in [-0.25, -0.2) is 0 Å². The van der Waals surface area contributed by atoms with E-state index in [0.717, 1.165) is 0 Å². The van der Waals surface area contributed by atoms with Gasteiger partial charge in [-0.2, -0.15) is 0 Å². The van der Waals surface area contributed by atoms with E-state index in [0.29, 0.717) is 51.4 Å². The largest absolute Gasteiger partial charge is 0.496 e. The zero-order chi connectivity index (χ0) is 47.9. The molecule has 0 unspecified atom stereocenters. The third kappa shape index (κ3) is 12.3. The minimum absolute atomic E-state index is 0.150. The maximum Gasteiger partial charge on any atom is 0.255 e. The third-order valence-corrected chi connectivity index (χ3v) is 11.7. The van der Waals surface area contributed by atoms with Crippen molar-refractivity contribution in [3.63, 3.8) is 0 Å². The van der Waals surface area contributed by atoms with Crippen LogP contribution in [0.5, 0.6) is 34.5 Å². The van der Waals surface area contributed by atoms with Crippen LogP contribution in [0.25, 0.3) is 0 Å². The summed E-state index contributed by atoms with van der Waals surface area (Å²) in [4.78, 5) is 80.2. The molecule has 20 nitrogen and oxygen atoms in total. The number of methoxy groups -OCH3 is 6. The molecule has 2 fully saturated rings. The van der Waals surface area contributed by atoms with Crippen LogP contribution in [0.4, 0.5) is 0 Å². The van der Waals surface area contributed by atoms with Crippen LogP contribution >= 0.6 is 0 Å². The molecule has 0 aromatic heterocycles. The Balaban J connectivity index is 1.17. The van der Waals surface area contributed by atoms with Crippen molar-refractivity contribution in [2.45, 2.75) is 75.5 Å². The molecule has 5 rings (SSSR count). The van der Waals surface area contributed by atoms with Crippen molar-refractivity contribution in [3.05, 3.63) is 69.8 Å². The van der Waals surface area contributed by atoms with Gasteiger partial charge < -0.3 is 71.8 Å². The van der Waals surface area contributed by atoms with Crippen LogP contribution in [0, 0.1) is 0 Å². The second-order valence-electron chi connectivity index (χ2n) is 15.8. The topological polar surface area (TPSA) is 282 Å². The Hall–Kier alpha value is -6.80. The SMILES string of the molecule is COc1cc(OC)c(C(=O)N[C@H]2CC[C@@H](NC(=O)c3cc(C(=O)N[C@H]4CC[C@@H](NC(=O)c5cc(C(=O)NCCN)c(OC)cc5OC)CC4)c(OC)cc3OC)CC2)cc1C(=O)NCCN. The number of hydrogen-bond donors (Lipinski definition) is 8. The monoisotopic (exact) mass is 918 g/mol. The Morgan fingerprint density at radius 2 is 0.576 bits per heavy atom. The van der Waals surface area contributed by atoms with E-state index >= 15 is 0 Å². The van der Waals surface area contributed by atoms with Crippen molar-refractivity contribution >= 4 is 35.4 Å². The van der Waals surface area contributed by atoms with Gasteiger partial charge in [0.2, 0.25) is 0 Å². The highest BCUT2D eigenvalue weighted by molar-refractivity contribution is 6.05. The Bertz CT molecular complexity index is 2090. The number of nitrogens with one attached hydrogen (secondary N) is 6. The summed E-state index contributed by atoms with van der Waals surface area (Å²) in [5.74, 6) is -1.18. The minimum Gasteiger partial charge on any atom is -0.496 e. The van der Waals surface area contributed by atoms with Gasteiger partial charge in [-0.3, -0.25) is 28.8 Å². The van der Waals surface area contributed by atoms with Crippen LogP contribution in [-0.4, -0.2) is 128 Å². The summed E-state index contributed by atoms with van der Waals surface area (Å²) in [6, 6.07) is 7.93. The van der Waals surface area contributed by atoms with E-state index in [1.807, 2.05) is 0 Å². The predicted octanol–water partition coefficient (Wildman–Crippen LogP) is 2.06. The molecular formula is C46H62N8O12. The highest BCUT2D eigenvalue weighted by atomic mass is 16.5. The maximum atomic E-state index is 13.8. The number of nitrogens with two attached hydrogens (primary N) is 2. The number of amides is 6. The molecule has 0 saturated heterocycles. The predicted molar refractivity (Wildman–Crippen MR) is 243 cm³/mol. The van der Waals surface area contributed by atoms with Crippen LogP contribution in [-0.2, 0) is 0 Å². The van der Waals surface area contributed by atoms with Gasteiger partial charge >= 0.3 is 0 Å². The molecule has 20 heteroatoms. The maximum absolute atomic E-state index is 13.8. The van der Waals surface area contributed by atoms with Crippen molar-refractivity contribution < 1.29 is 57.2 Å². The Morgan fingerprint density at radius 3 is 0.758 bits per heavy atom. The Morgan fingerprint density at radius 1 is 0.379 bits per heavy atom. The first-order valence-corrected chi connectivity index (χ1v) is 21.8. The number of ether oxygens (including phenoxy) is 6. The van der Waals surface area contributed by atoms with Gasteiger partial charge in [0.1, 0.15) is 34.5 Å². The van der Waals surface area contributed by atoms with E-state index in [1.165, 1.54) is 79.1 Å². The lowest BCUT2D eigenvalue weighted by molar-refractivity contribution is 0.0883. The molecule has 0 atom stereocenters. The first-order valence-electron chi connectivity index (χ1n) is 21.8. The number of carbonyl (C=O) groups is 6. The molecule has 2 saturated carbocycles. The molecule has 66 heavy (non-hydrogen) atoms. The molecule has 2 aliphatic carbocycles. The summed E-state index contributed by atoms with van der Waals surface area (Å²) in [6.07, 6.45) is 4.45. The lowest BCUT2D eigenvalue weighted by atomic mass is 9.90. The summed E-state index contributed by atoms with van der Waals surface area (Å²) in [5, 5.41) is 17.6. The second kappa shape index (κ2) is 23.9. The van der Waals surface area contributed by atoms with Crippen LogP contribution in [0.2, 0.25) is 0 Å². The molecule has 2 aliphatic rings. The average Bonchev–Trinajstić information content (AvgIpc) is 3.34. The summed E-state index contributed by atoms with van der Waals surface area (Å²) in [5.41, 5.74) is 12.0. The zero-order valence-corrected chi connectivity index (χ0v) is 38.3. The number of benzene rings is 3. The van der Waals surface area contributed by atoms with Crippen LogP contribution < -0.4 is 71.8 Å². The molecule has 3 aromatic rings. The van der Waals surface area contributed by atoms with E-state index < -0.39 is 35.4 Å². The smallest absolute Gasteiger partial charge is 0.255 e. The molecule has 0 aliphatic heterocycles. The standard InChI is InChI=1S/C46H62N8O12/c1-61-35-22-37(63-3)31(19-29(35)41(55)49-17-15-47)43(57)51-25-7-11-27(12-8-25)53-45(59)33-21-34(40(66-6)24-39(33)65-5)46(60)54-28-13-9-26(10-14-28)52-44(58)32-20-30(42(56)50-18-16-48)36(62-2)23-38(32)64-4/h19-28H,7-18,47-48H2,1-6H3,(H,49,55)(H,50,56)(H,51,57)(H,52,58)(H,53,59)(H,54,60)/t25-,26-,27+,28+. The fraction of sp³-hybridized carbons (Fsp3) is 0.478. The second-order valence-corrected chi connectivity index (χ2v) is 15.8. The quantitative estimate of drug-likeness (QED) is 0.0806. The average molecular weight is 919 g/mol. The number of rotatable bonds is 20. The van der Waals surface area contributed by atoms with E-state index in [-0.39, 0.29) is 118 Å². The molecule has 358 valence electrons. The first-order chi connectivity index (χ1) is 31.8. The highest BCUT2D eigenvalue weighted by Crippen LogP contribution is 2.33. The molecule has 6 amide bonds. The Kier molecular flexibility index (Phi) is 18.2. The van der Waals surface area contributed by atoms with Gasteiger partial charge in [-0.05, 0) is 69.6 Å². The molecular weight excluding hydrogens is 857 g/mol. The van der Waals surface area contributed by atoms with Crippen molar-refractivity contribution in [3.8, 4) is 34.5 Å².